The minimum Gasteiger partial charge on any atom is -0.478 e. The van der Waals surface area contributed by atoms with Gasteiger partial charge in [-0.2, -0.15) is 0 Å². The van der Waals surface area contributed by atoms with Crippen molar-refractivity contribution in [3.63, 3.8) is 0 Å². The molecule has 2 nitrogen and oxygen atoms in total. The van der Waals surface area contributed by atoms with E-state index in [9.17, 15) is 4.79 Å². The van der Waals surface area contributed by atoms with Crippen LogP contribution in [0.2, 0.25) is 0 Å². The lowest BCUT2D eigenvalue weighted by Crippen LogP contribution is -2.27. The van der Waals surface area contributed by atoms with Crippen LogP contribution in [0.15, 0.2) is 12.2 Å². The van der Waals surface area contributed by atoms with Crippen molar-refractivity contribution in [1.29, 1.82) is 0 Å². The van der Waals surface area contributed by atoms with Gasteiger partial charge in [0.05, 0.1) is 0 Å². The van der Waals surface area contributed by atoms with Gasteiger partial charge < -0.3 is 5.11 Å². The topological polar surface area (TPSA) is 37.3 Å². The second-order valence-electron chi connectivity index (χ2n) is 5.41. The molecule has 0 aliphatic heterocycles. The van der Waals surface area contributed by atoms with Gasteiger partial charge in [0.2, 0.25) is 0 Å². The van der Waals surface area contributed by atoms with Crippen molar-refractivity contribution < 1.29 is 9.90 Å². The molecule has 0 unspecified atom stereocenters. The lowest BCUT2D eigenvalue weighted by molar-refractivity contribution is -0.133. The standard InChI is InChI=1S/C13H22O2/c1-10(12(14)15)9-13(2,3)11-7-5-4-6-8-11/h11H,1,4-9H2,2-3H3,(H,14,15). The van der Waals surface area contributed by atoms with Gasteiger partial charge in [0.1, 0.15) is 0 Å². The van der Waals surface area contributed by atoms with Crippen molar-refractivity contribution >= 4 is 5.97 Å². The summed E-state index contributed by atoms with van der Waals surface area (Å²) in [6.07, 6.45) is 7.06. The lowest BCUT2D eigenvalue weighted by Gasteiger charge is -2.37. The third-order valence-electron chi connectivity index (χ3n) is 3.68. The normalized spacial score (nSPS) is 18.8. The van der Waals surface area contributed by atoms with Crippen LogP contribution >= 0.6 is 0 Å². The summed E-state index contributed by atoms with van der Waals surface area (Å²) < 4.78 is 0. The molecular formula is C13H22O2. The summed E-state index contributed by atoms with van der Waals surface area (Å²) in [7, 11) is 0. The second-order valence-corrected chi connectivity index (χ2v) is 5.41. The fraction of sp³-hybridized carbons (Fsp3) is 0.769. The van der Waals surface area contributed by atoms with Crippen molar-refractivity contribution in [3.8, 4) is 0 Å². The monoisotopic (exact) mass is 210 g/mol. The largest absolute Gasteiger partial charge is 0.478 e. The molecule has 1 aliphatic carbocycles. The molecule has 2 heteroatoms. The zero-order valence-electron chi connectivity index (χ0n) is 9.88. The van der Waals surface area contributed by atoms with Gasteiger partial charge in [0, 0.05) is 5.57 Å². The van der Waals surface area contributed by atoms with Crippen molar-refractivity contribution in [2.75, 3.05) is 0 Å². The third-order valence-corrected chi connectivity index (χ3v) is 3.68. The molecule has 1 N–H and O–H groups in total. The molecule has 1 saturated carbocycles. The fourth-order valence-corrected chi connectivity index (χ4v) is 2.65. The molecule has 0 radical (unpaired) electrons. The van der Waals surface area contributed by atoms with E-state index in [1.165, 1.54) is 32.1 Å². The highest BCUT2D eigenvalue weighted by Crippen LogP contribution is 2.41. The first kappa shape index (κ1) is 12.3. The number of aliphatic carboxylic acids is 1. The number of rotatable bonds is 4. The summed E-state index contributed by atoms with van der Waals surface area (Å²) in [4.78, 5) is 10.8. The Morgan fingerprint density at radius 1 is 1.33 bits per heavy atom. The van der Waals surface area contributed by atoms with E-state index >= 15 is 0 Å². The number of carboxylic acid groups (broad SMARTS) is 1. The van der Waals surface area contributed by atoms with Crippen molar-refractivity contribution in [3.05, 3.63) is 12.2 Å². The van der Waals surface area contributed by atoms with Gasteiger partial charge in [-0.1, -0.05) is 39.7 Å². The highest BCUT2D eigenvalue weighted by atomic mass is 16.4. The SMILES string of the molecule is C=C(CC(C)(C)C1CCCCC1)C(=O)O. The van der Waals surface area contributed by atoms with Crippen LogP contribution in [-0.4, -0.2) is 11.1 Å². The Balaban J connectivity index is 2.56. The van der Waals surface area contributed by atoms with Gasteiger partial charge in [-0.3, -0.25) is 0 Å². The van der Waals surface area contributed by atoms with Crippen LogP contribution in [-0.2, 0) is 4.79 Å². The molecule has 1 rings (SSSR count). The number of carboxylic acids is 1. The lowest BCUT2D eigenvalue weighted by atomic mass is 9.68. The van der Waals surface area contributed by atoms with Crippen LogP contribution in [0.5, 0.6) is 0 Å². The van der Waals surface area contributed by atoms with Gasteiger partial charge in [0.15, 0.2) is 0 Å². The summed E-state index contributed by atoms with van der Waals surface area (Å²) in [6, 6.07) is 0. The first-order valence-electron chi connectivity index (χ1n) is 5.84. The molecule has 0 atom stereocenters. The number of carbonyl (C=O) groups is 1. The summed E-state index contributed by atoms with van der Waals surface area (Å²) in [5, 5.41) is 8.84. The van der Waals surface area contributed by atoms with Crippen LogP contribution in [0.1, 0.15) is 52.4 Å². The predicted molar refractivity (Wildman–Crippen MR) is 61.7 cm³/mol. The van der Waals surface area contributed by atoms with Crippen LogP contribution in [0.3, 0.4) is 0 Å². The van der Waals surface area contributed by atoms with Crippen molar-refractivity contribution in [1.82, 2.24) is 0 Å². The molecule has 0 saturated heterocycles. The van der Waals surface area contributed by atoms with E-state index in [1.54, 1.807) is 0 Å². The molecule has 86 valence electrons. The Kier molecular flexibility index (Phi) is 3.95. The Labute approximate surface area is 92.4 Å². The Bertz CT molecular complexity index is 247. The molecule has 0 aromatic rings. The summed E-state index contributed by atoms with van der Waals surface area (Å²) in [5.41, 5.74) is 0.446. The van der Waals surface area contributed by atoms with Gasteiger partial charge in [-0.05, 0) is 30.6 Å². The minimum absolute atomic E-state index is 0.0931. The van der Waals surface area contributed by atoms with Crippen molar-refractivity contribution in [2.24, 2.45) is 11.3 Å². The van der Waals surface area contributed by atoms with E-state index in [0.717, 1.165) is 0 Å². The van der Waals surface area contributed by atoms with E-state index < -0.39 is 5.97 Å². The van der Waals surface area contributed by atoms with Crippen LogP contribution in [0.25, 0.3) is 0 Å². The van der Waals surface area contributed by atoms with Crippen LogP contribution < -0.4 is 0 Å². The van der Waals surface area contributed by atoms with E-state index in [-0.39, 0.29) is 5.41 Å². The van der Waals surface area contributed by atoms with E-state index in [0.29, 0.717) is 17.9 Å². The Hall–Kier alpha value is -0.790. The summed E-state index contributed by atoms with van der Waals surface area (Å²) in [6.45, 7) is 7.99. The first-order chi connectivity index (χ1) is 6.93. The maximum absolute atomic E-state index is 10.8. The molecule has 0 spiro atoms. The van der Waals surface area contributed by atoms with Gasteiger partial charge >= 0.3 is 5.97 Å². The zero-order valence-corrected chi connectivity index (χ0v) is 9.88. The average Bonchev–Trinajstić information content (AvgIpc) is 2.18. The quantitative estimate of drug-likeness (QED) is 0.719. The number of hydrogen-bond acceptors (Lipinski definition) is 1. The molecule has 0 bridgehead atoms. The maximum Gasteiger partial charge on any atom is 0.330 e. The molecule has 1 aliphatic rings. The third kappa shape index (κ3) is 3.37. The predicted octanol–water partition coefficient (Wildman–Crippen LogP) is 3.62. The second kappa shape index (κ2) is 4.82. The molecule has 0 aromatic carbocycles. The van der Waals surface area contributed by atoms with Gasteiger partial charge in [0.25, 0.3) is 0 Å². The summed E-state index contributed by atoms with van der Waals surface area (Å²) >= 11 is 0. The van der Waals surface area contributed by atoms with Crippen molar-refractivity contribution in [2.45, 2.75) is 52.4 Å². The van der Waals surface area contributed by atoms with Crippen LogP contribution in [0.4, 0.5) is 0 Å². The number of hydrogen-bond donors (Lipinski definition) is 1. The molecule has 15 heavy (non-hydrogen) atoms. The Morgan fingerprint density at radius 3 is 2.33 bits per heavy atom. The molecule has 0 amide bonds. The molecule has 0 heterocycles. The van der Waals surface area contributed by atoms with E-state index in [2.05, 4.69) is 20.4 Å². The minimum atomic E-state index is -0.848. The molecule has 1 fully saturated rings. The highest BCUT2D eigenvalue weighted by molar-refractivity contribution is 5.85. The van der Waals surface area contributed by atoms with Gasteiger partial charge in [-0.15, -0.1) is 0 Å². The fourth-order valence-electron chi connectivity index (χ4n) is 2.65. The zero-order chi connectivity index (χ0) is 11.5. The maximum atomic E-state index is 10.8. The molecule has 0 aromatic heterocycles. The summed E-state index contributed by atoms with van der Waals surface area (Å²) in [5.74, 6) is -0.179. The van der Waals surface area contributed by atoms with Crippen LogP contribution in [0, 0.1) is 11.3 Å². The van der Waals surface area contributed by atoms with E-state index in [4.69, 9.17) is 5.11 Å². The van der Waals surface area contributed by atoms with E-state index in [1.807, 2.05) is 0 Å². The Morgan fingerprint density at radius 2 is 1.87 bits per heavy atom. The van der Waals surface area contributed by atoms with Gasteiger partial charge in [-0.25, -0.2) is 4.79 Å². The average molecular weight is 210 g/mol. The smallest absolute Gasteiger partial charge is 0.330 e. The highest BCUT2D eigenvalue weighted by Gasteiger charge is 2.31. The molecular weight excluding hydrogens is 188 g/mol. The first-order valence-corrected chi connectivity index (χ1v) is 5.84.